The van der Waals surface area contributed by atoms with Gasteiger partial charge in [0.05, 0.1) is 11.5 Å². The Balaban J connectivity index is 2.08. The molecular formula is C15H27NO3. The first-order chi connectivity index (χ1) is 9.09. The molecule has 0 aromatic rings. The number of piperidine rings is 1. The lowest BCUT2D eigenvalue weighted by Gasteiger charge is -2.46. The summed E-state index contributed by atoms with van der Waals surface area (Å²) in [5.41, 5.74) is -0.579. The van der Waals surface area contributed by atoms with Gasteiger partial charge in [-0.25, -0.2) is 0 Å². The van der Waals surface area contributed by atoms with E-state index in [0.717, 1.165) is 57.9 Å². The lowest BCUT2D eigenvalue weighted by molar-refractivity contribution is -0.155. The monoisotopic (exact) mass is 269 g/mol. The van der Waals surface area contributed by atoms with Crippen molar-refractivity contribution in [1.82, 2.24) is 4.90 Å². The third-order valence-corrected chi connectivity index (χ3v) is 4.95. The van der Waals surface area contributed by atoms with Gasteiger partial charge in [0.2, 0.25) is 0 Å². The minimum Gasteiger partial charge on any atom is -0.481 e. The molecule has 2 aliphatic rings. The van der Waals surface area contributed by atoms with E-state index in [1.807, 2.05) is 0 Å². The highest BCUT2D eigenvalue weighted by Crippen LogP contribution is 2.37. The van der Waals surface area contributed by atoms with E-state index in [0.29, 0.717) is 6.54 Å². The van der Waals surface area contributed by atoms with Crippen molar-refractivity contribution in [3.63, 3.8) is 0 Å². The number of hydrogen-bond acceptors (Lipinski definition) is 3. The number of carboxylic acid groups (broad SMARTS) is 1. The van der Waals surface area contributed by atoms with Crippen molar-refractivity contribution < 1.29 is 15.0 Å². The molecule has 1 saturated carbocycles. The first-order valence-corrected chi connectivity index (χ1v) is 7.74. The molecule has 2 N–H and O–H groups in total. The molecule has 110 valence electrons. The molecule has 2 fully saturated rings. The smallest absolute Gasteiger partial charge is 0.310 e. The molecule has 1 aliphatic carbocycles. The molecule has 19 heavy (non-hydrogen) atoms. The van der Waals surface area contributed by atoms with Crippen LogP contribution >= 0.6 is 0 Å². The standard InChI is InChI=1S/C15H27NO3/c1-2-8-15(14(18)19)9-5-10-16(11-15)12-6-3-4-7-13(12)17/h12-13,17H,2-11H2,1H3,(H,18,19). The Labute approximate surface area is 115 Å². The average Bonchev–Trinajstić information content (AvgIpc) is 2.39. The number of aliphatic hydroxyl groups excluding tert-OH is 1. The van der Waals surface area contributed by atoms with Gasteiger partial charge in [0.15, 0.2) is 0 Å². The molecule has 0 radical (unpaired) electrons. The fourth-order valence-electron chi connectivity index (χ4n) is 3.93. The lowest BCUT2D eigenvalue weighted by Crippen LogP contribution is -2.55. The summed E-state index contributed by atoms with van der Waals surface area (Å²) in [6, 6.07) is 0.185. The molecule has 1 heterocycles. The van der Waals surface area contributed by atoms with Gasteiger partial charge in [0, 0.05) is 12.6 Å². The number of aliphatic carboxylic acids is 1. The molecule has 3 atom stereocenters. The molecule has 0 amide bonds. The number of carbonyl (C=O) groups is 1. The third-order valence-electron chi connectivity index (χ3n) is 4.95. The Morgan fingerprint density at radius 1 is 1.32 bits per heavy atom. The van der Waals surface area contributed by atoms with Crippen LogP contribution in [0.3, 0.4) is 0 Å². The highest BCUT2D eigenvalue weighted by atomic mass is 16.4. The van der Waals surface area contributed by atoms with Crippen LogP contribution in [0.2, 0.25) is 0 Å². The molecule has 3 unspecified atom stereocenters. The summed E-state index contributed by atoms with van der Waals surface area (Å²) in [6.45, 7) is 3.62. The largest absolute Gasteiger partial charge is 0.481 e. The van der Waals surface area contributed by atoms with Gasteiger partial charge in [-0.15, -0.1) is 0 Å². The number of aliphatic hydroxyl groups is 1. The highest BCUT2D eigenvalue weighted by molar-refractivity contribution is 5.75. The van der Waals surface area contributed by atoms with E-state index in [1.165, 1.54) is 0 Å². The average molecular weight is 269 g/mol. The summed E-state index contributed by atoms with van der Waals surface area (Å²) in [5, 5.41) is 19.8. The second-order valence-electron chi connectivity index (χ2n) is 6.33. The third kappa shape index (κ3) is 3.11. The molecule has 1 saturated heterocycles. The number of nitrogens with zero attached hydrogens (tertiary/aromatic N) is 1. The molecule has 4 nitrogen and oxygen atoms in total. The van der Waals surface area contributed by atoms with Crippen LogP contribution in [-0.4, -0.2) is 46.3 Å². The zero-order valence-electron chi connectivity index (χ0n) is 12.0. The second kappa shape index (κ2) is 6.23. The van der Waals surface area contributed by atoms with Crippen LogP contribution in [0.15, 0.2) is 0 Å². The highest BCUT2D eigenvalue weighted by Gasteiger charge is 2.44. The molecule has 1 aliphatic heterocycles. The Morgan fingerprint density at radius 2 is 2.05 bits per heavy atom. The molecular weight excluding hydrogens is 242 g/mol. The first-order valence-electron chi connectivity index (χ1n) is 7.74. The summed E-state index contributed by atoms with van der Waals surface area (Å²) in [6.07, 6.45) is 7.27. The second-order valence-corrected chi connectivity index (χ2v) is 6.33. The summed E-state index contributed by atoms with van der Waals surface area (Å²) >= 11 is 0. The van der Waals surface area contributed by atoms with Gasteiger partial charge in [-0.2, -0.15) is 0 Å². The number of hydrogen-bond donors (Lipinski definition) is 2. The maximum absolute atomic E-state index is 11.7. The van der Waals surface area contributed by atoms with Crippen LogP contribution in [0.25, 0.3) is 0 Å². The van der Waals surface area contributed by atoms with Crippen molar-refractivity contribution in [1.29, 1.82) is 0 Å². The van der Waals surface area contributed by atoms with Gasteiger partial charge in [0.1, 0.15) is 0 Å². The van der Waals surface area contributed by atoms with Gasteiger partial charge in [-0.05, 0) is 38.6 Å². The minimum absolute atomic E-state index is 0.185. The zero-order valence-corrected chi connectivity index (χ0v) is 12.0. The summed E-state index contributed by atoms with van der Waals surface area (Å²) in [5.74, 6) is -0.649. The molecule has 4 heteroatoms. The van der Waals surface area contributed by atoms with Crippen LogP contribution in [0, 0.1) is 5.41 Å². The Bertz CT molecular complexity index is 317. The maximum atomic E-state index is 11.7. The van der Waals surface area contributed by atoms with Crippen LogP contribution in [0.1, 0.15) is 58.3 Å². The van der Waals surface area contributed by atoms with Crippen molar-refractivity contribution in [2.75, 3.05) is 13.1 Å². The van der Waals surface area contributed by atoms with Gasteiger partial charge in [0.25, 0.3) is 0 Å². The van der Waals surface area contributed by atoms with Crippen LogP contribution < -0.4 is 0 Å². The Kier molecular flexibility index (Phi) is 4.85. The Morgan fingerprint density at radius 3 is 2.68 bits per heavy atom. The molecule has 0 aromatic heterocycles. The number of carboxylic acids is 1. The van der Waals surface area contributed by atoms with Crippen molar-refractivity contribution in [3.05, 3.63) is 0 Å². The lowest BCUT2D eigenvalue weighted by atomic mass is 9.75. The minimum atomic E-state index is -0.649. The van der Waals surface area contributed by atoms with Gasteiger partial charge >= 0.3 is 5.97 Å². The predicted octanol–water partition coefficient (Wildman–Crippen LogP) is 2.26. The molecule has 0 spiro atoms. The van der Waals surface area contributed by atoms with Crippen LogP contribution in [0.4, 0.5) is 0 Å². The number of likely N-dealkylation sites (tertiary alicyclic amines) is 1. The van der Waals surface area contributed by atoms with Crippen molar-refractivity contribution >= 4 is 5.97 Å². The quantitative estimate of drug-likeness (QED) is 0.822. The summed E-state index contributed by atoms with van der Waals surface area (Å²) in [7, 11) is 0. The van der Waals surface area contributed by atoms with Crippen LogP contribution in [0.5, 0.6) is 0 Å². The van der Waals surface area contributed by atoms with Crippen molar-refractivity contribution in [3.8, 4) is 0 Å². The SMILES string of the molecule is CCCC1(C(=O)O)CCCN(C2CCCCC2O)C1. The fourth-order valence-corrected chi connectivity index (χ4v) is 3.93. The van der Waals surface area contributed by atoms with Gasteiger partial charge in [-0.1, -0.05) is 26.2 Å². The van der Waals surface area contributed by atoms with E-state index in [-0.39, 0.29) is 12.1 Å². The van der Waals surface area contributed by atoms with Crippen molar-refractivity contribution in [2.24, 2.45) is 5.41 Å². The van der Waals surface area contributed by atoms with Crippen LogP contribution in [-0.2, 0) is 4.79 Å². The van der Waals surface area contributed by atoms with Gasteiger partial charge in [-0.3, -0.25) is 9.69 Å². The Hall–Kier alpha value is -0.610. The predicted molar refractivity (Wildman–Crippen MR) is 74.0 cm³/mol. The first kappa shape index (κ1) is 14.8. The van der Waals surface area contributed by atoms with E-state index in [4.69, 9.17) is 0 Å². The van der Waals surface area contributed by atoms with Crippen molar-refractivity contribution in [2.45, 2.75) is 70.4 Å². The fraction of sp³-hybridized carbons (Fsp3) is 0.933. The van der Waals surface area contributed by atoms with Gasteiger partial charge < -0.3 is 10.2 Å². The molecule has 0 bridgehead atoms. The zero-order chi connectivity index (χ0) is 13.9. The topological polar surface area (TPSA) is 60.8 Å². The summed E-state index contributed by atoms with van der Waals surface area (Å²) in [4.78, 5) is 13.9. The molecule has 2 rings (SSSR count). The van der Waals surface area contributed by atoms with E-state index >= 15 is 0 Å². The number of rotatable bonds is 4. The molecule has 0 aromatic carbocycles. The van der Waals surface area contributed by atoms with E-state index in [1.54, 1.807) is 0 Å². The van der Waals surface area contributed by atoms with E-state index in [9.17, 15) is 15.0 Å². The maximum Gasteiger partial charge on any atom is 0.310 e. The normalized spacial score (nSPS) is 37.2. The van der Waals surface area contributed by atoms with E-state index in [2.05, 4.69) is 11.8 Å². The summed E-state index contributed by atoms with van der Waals surface area (Å²) < 4.78 is 0. The van der Waals surface area contributed by atoms with E-state index < -0.39 is 11.4 Å².